The van der Waals surface area contributed by atoms with E-state index in [1.54, 1.807) is 4.90 Å². The number of piperidine rings is 1. The summed E-state index contributed by atoms with van der Waals surface area (Å²) in [7, 11) is 0. The maximum Gasteiger partial charge on any atom is 0.317 e. The molecule has 1 rings (SSSR count). The second kappa shape index (κ2) is 7.47. The Hall–Kier alpha value is -1.30. The predicted molar refractivity (Wildman–Crippen MR) is 77.4 cm³/mol. The summed E-state index contributed by atoms with van der Waals surface area (Å²) in [6.45, 7) is 6.01. The van der Waals surface area contributed by atoms with E-state index in [-0.39, 0.29) is 23.9 Å². The lowest BCUT2D eigenvalue weighted by molar-refractivity contribution is -0.137. The Morgan fingerprint density at radius 1 is 1.40 bits per heavy atom. The van der Waals surface area contributed by atoms with Gasteiger partial charge in [-0.3, -0.25) is 4.79 Å². The molecule has 1 unspecified atom stereocenters. The number of likely N-dealkylation sites (tertiary alicyclic amines) is 1. The summed E-state index contributed by atoms with van der Waals surface area (Å²) < 4.78 is 0. The highest BCUT2D eigenvalue weighted by molar-refractivity contribution is 5.74. The van der Waals surface area contributed by atoms with Crippen LogP contribution in [0, 0.1) is 5.41 Å². The van der Waals surface area contributed by atoms with Crippen LogP contribution in [-0.2, 0) is 4.79 Å². The van der Waals surface area contributed by atoms with E-state index < -0.39 is 5.97 Å². The van der Waals surface area contributed by atoms with Gasteiger partial charge in [0, 0.05) is 32.1 Å². The van der Waals surface area contributed by atoms with Crippen molar-refractivity contribution in [2.45, 2.75) is 52.0 Å². The zero-order valence-electron chi connectivity index (χ0n) is 12.5. The fraction of sp³-hybridized carbons (Fsp3) is 0.857. The number of rotatable bonds is 6. The van der Waals surface area contributed by atoms with E-state index in [1.165, 1.54) is 0 Å². The lowest BCUT2D eigenvalue weighted by atomic mass is 9.84. The highest BCUT2D eigenvalue weighted by Crippen LogP contribution is 2.26. The molecule has 1 aliphatic rings. The zero-order valence-corrected chi connectivity index (χ0v) is 12.5. The summed E-state index contributed by atoms with van der Waals surface area (Å²) in [4.78, 5) is 24.3. The molecule has 20 heavy (non-hydrogen) atoms. The molecular weight excluding hydrogens is 258 g/mol. The van der Waals surface area contributed by atoms with Gasteiger partial charge in [-0.25, -0.2) is 4.79 Å². The van der Waals surface area contributed by atoms with Gasteiger partial charge in [-0.2, -0.15) is 0 Å². The van der Waals surface area contributed by atoms with Gasteiger partial charge in [0.2, 0.25) is 0 Å². The van der Waals surface area contributed by atoms with Gasteiger partial charge in [-0.15, -0.1) is 0 Å². The molecular formula is C14H27N3O3. The molecule has 0 bridgehead atoms. The summed E-state index contributed by atoms with van der Waals surface area (Å²) in [5, 5.41) is 11.6. The number of carboxylic acid groups (broad SMARTS) is 1. The molecule has 0 saturated carbocycles. The molecule has 1 saturated heterocycles. The van der Waals surface area contributed by atoms with Crippen molar-refractivity contribution in [1.29, 1.82) is 0 Å². The van der Waals surface area contributed by atoms with E-state index in [1.807, 2.05) is 13.8 Å². The van der Waals surface area contributed by atoms with E-state index in [0.717, 1.165) is 25.8 Å². The third kappa shape index (κ3) is 6.23. The van der Waals surface area contributed by atoms with Gasteiger partial charge in [0.1, 0.15) is 0 Å². The number of carboxylic acids is 1. The molecule has 2 amide bonds. The Balaban J connectivity index is 2.25. The van der Waals surface area contributed by atoms with Crippen molar-refractivity contribution in [2.24, 2.45) is 11.1 Å². The number of aliphatic carboxylic acids is 1. The van der Waals surface area contributed by atoms with E-state index in [2.05, 4.69) is 5.32 Å². The van der Waals surface area contributed by atoms with Crippen LogP contribution in [0.1, 0.15) is 46.0 Å². The van der Waals surface area contributed by atoms with Gasteiger partial charge < -0.3 is 21.1 Å². The minimum absolute atomic E-state index is 0.0609. The van der Waals surface area contributed by atoms with Crippen LogP contribution in [0.3, 0.4) is 0 Å². The number of urea groups is 1. The van der Waals surface area contributed by atoms with Crippen molar-refractivity contribution < 1.29 is 14.7 Å². The molecule has 4 N–H and O–H groups in total. The van der Waals surface area contributed by atoms with Crippen LogP contribution < -0.4 is 11.1 Å². The van der Waals surface area contributed by atoms with Crippen LogP contribution in [0.4, 0.5) is 4.79 Å². The van der Waals surface area contributed by atoms with Crippen molar-refractivity contribution in [1.82, 2.24) is 10.2 Å². The predicted octanol–water partition coefficient (Wildman–Crippen LogP) is 1.40. The zero-order chi connectivity index (χ0) is 15.2. The smallest absolute Gasteiger partial charge is 0.317 e. The molecule has 116 valence electrons. The van der Waals surface area contributed by atoms with E-state index in [4.69, 9.17) is 10.8 Å². The van der Waals surface area contributed by atoms with Gasteiger partial charge in [0.15, 0.2) is 0 Å². The number of nitrogens with two attached hydrogens (primary N) is 1. The molecule has 0 spiro atoms. The average molecular weight is 285 g/mol. The summed E-state index contributed by atoms with van der Waals surface area (Å²) in [6, 6.07) is 0.0238. The Bertz CT molecular complexity index is 345. The number of hydrogen-bond acceptors (Lipinski definition) is 3. The first-order chi connectivity index (χ1) is 9.30. The lowest BCUT2D eigenvalue weighted by Gasteiger charge is -2.31. The largest absolute Gasteiger partial charge is 0.481 e. The number of nitrogens with one attached hydrogen (secondary N) is 1. The number of amides is 2. The fourth-order valence-corrected chi connectivity index (χ4v) is 2.38. The van der Waals surface area contributed by atoms with Crippen LogP contribution in [0.5, 0.6) is 0 Å². The summed E-state index contributed by atoms with van der Waals surface area (Å²) in [5.74, 6) is -0.774. The van der Waals surface area contributed by atoms with Gasteiger partial charge in [0.25, 0.3) is 0 Å². The fourth-order valence-electron chi connectivity index (χ4n) is 2.38. The molecule has 6 heteroatoms. The maximum atomic E-state index is 12.0. The van der Waals surface area contributed by atoms with Crippen LogP contribution in [-0.4, -0.2) is 47.7 Å². The van der Waals surface area contributed by atoms with Gasteiger partial charge >= 0.3 is 12.0 Å². The van der Waals surface area contributed by atoms with Crippen molar-refractivity contribution in [3.63, 3.8) is 0 Å². The molecule has 0 aliphatic carbocycles. The lowest BCUT2D eigenvalue weighted by Crippen LogP contribution is -2.49. The van der Waals surface area contributed by atoms with Gasteiger partial charge in [0.05, 0.1) is 0 Å². The molecule has 0 aromatic heterocycles. The third-order valence-corrected chi connectivity index (χ3v) is 3.84. The summed E-state index contributed by atoms with van der Waals surface area (Å²) in [6.07, 6.45) is 3.49. The van der Waals surface area contributed by atoms with Crippen LogP contribution in [0.15, 0.2) is 0 Å². The minimum atomic E-state index is -0.774. The molecule has 0 aromatic rings. The first kappa shape index (κ1) is 16.8. The Kier molecular flexibility index (Phi) is 6.26. The number of nitrogens with zero attached hydrogens (tertiary/aromatic N) is 1. The normalized spacial score (nSPS) is 19.8. The highest BCUT2D eigenvalue weighted by atomic mass is 16.4. The molecule has 1 atom stereocenters. The Morgan fingerprint density at radius 3 is 2.70 bits per heavy atom. The van der Waals surface area contributed by atoms with Crippen molar-refractivity contribution in [3.05, 3.63) is 0 Å². The Morgan fingerprint density at radius 2 is 2.10 bits per heavy atom. The molecule has 1 heterocycles. The van der Waals surface area contributed by atoms with E-state index in [9.17, 15) is 9.59 Å². The highest BCUT2D eigenvalue weighted by Gasteiger charge is 2.22. The SMILES string of the molecule is CC(C)(CCNC(=O)N1CCCC(N)C1)CCC(=O)O. The van der Waals surface area contributed by atoms with Crippen molar-refractivity contribution >= 4 is 12.0 Å². The maximum absolute atomic E-state index is 12.0. The quantitative estimate of drug-likeness (QED) is 0.687. The van der Waals surface area contributed by atoms with Crippen LogP contribution in [0.25, 0.3) is 0 Å². The van der Waals surface area contributed by atoms with Gasteiger partial charge in [-0.05, 0) is 31.1 Å². The molecule has 1 fully saturated rings. The number of hydrogen-bond donors (Lipinski definition) is 3. The van der Waals surface area contributed by atoms with Crippen LogP contribution in [0.2, 0.25) is 0 Å². The first-order valence-corrected chi connectivity index (χ1v) is 7.30. The Labute approximate surface area is 120 Å². The summed E-state index contributed by atoms with van der Waals surface area (Å²) >= 11 is 0. The second-order valence-electron chi connectivity index (χ2n) is 6.39. The number of carbonyl (C=O) groups is 2. The number of carbonyl (C=O) groups excluding carboxylic acids is 1. The topological polar surface area (TPSA) is 95.7 Å². The standard InChI is InChI=1S/C14H27N3O3/c1-14(2,6-5-12(18)19)7-8-16-13(20)17-9-3-4-11(15)10-17/h11H,3-10,15H2,1-2H3,(H,16,20)(H,18,19). The summed E-state index contributed by atoms with van der Waals surface area (Å²) in [5.41, 5.74) is 5.77. The van der Waals surface area contributed by atoms with E-state index in [0.29, 0.717) is 19.5 Å². The molecule has 0 radical (unpaired) electrons. The third-order valence-electron chi connectivity index (χ3n) is 3.84. The minimum Gasteiger partial charge on any atom is -0.481 e. The average Bonchev–Trinajstić information content (AvgIpc) is 2.36. The van der Waals surface area contributed by atoms with Crippen molar-refractivity contribution in [2.75, 3.05) is 19.6 Å². The second-order valence-corrected chi connectivity index (χ2v) is 6.39. The molecule has 6 nitrogen and oxygen atoms in total. The first-order valence-electron chi connectivity index (χ1n) is 7.30. The van der Waals surface area contributed by atoms with Crippen LogP contribution >= 0.6 is 0 Å². The monoisotopic (exact) mass is 285 g/mol. The molecule has 1 aliphatic heterocycles. The van der Waals surface area contributed by atoms with Crippen molar-refractivity contribution in [3.8, 4) is 0 Å². The molecule has 0 aromatic carbocycles. The van der Waals surface area contributed by atoms with E-state index >= 15 is 0 Å². The van der Waals surface area contributed by atoms with Gasteiger partial charge in [-0.1, -0.05) is 13.8 Å².